The van der Waals surface area contributed by atoms with E-state index < -0.39 is 11.8 Å². The van der Waals surface area contributed by atoms with Gasteiger partial charge in [-0.2, -0.15) is 0 Å². The van der Waals surface area contributed by atoms with E-state index in [0.717, 1.165) is 5.56 Å². The van der Waals surface area contributed by atoms with Crippen molar-refractivity contribution in [2.75, 3.05) is 20.8 Å². The van der Waals surface area contributed by atoms with Crippen molar-refractivity contribution in [3.05, 3.63) is 46.2 Å². The maximum Gasteiger partial charge on any atom is 0.310 e. The number of hydrogen-bond donors (Lipinski definition) is 0. The standard InChI is InChI=1S/C19H20O5S/c1-4-24-19(21)17-15(16(17)18(20)14-6-5-9-25-14)12-8-7-11(22-2)10-13(12)23-3/h5-10,15-17H,4H2,1-3H3. The van der Waals surface area contributed by atoms with Crippen molar-refractivity contribution in [3.8, 4) is 11.5 Å². The van der Waals surface area contributed by atoms with Gasteiger partial charge in [-0.1, -0.05) is 12.1 Å². The molecule has 5 nitrogen and oxygen atoms in total. The Hall–Kier alpha value is -2.34. The maximum atomic E-state index is 12.8. The molecule has 1 heterocycles. The third-order valence-corrected chi connectivity index (χ3v) is 5.33. The molecular weight excluding hydrogens is 340 g/mol. The number of ketones is 1. The number of carbonyl (C=O) groups excluding carboxylic acids is 2. The molecule has 25 heavy (non-hydrogen) atoms. The first-order chi connectivity index (χ1) is 12.1. The van der Waals surface area contributed by atoms with E-state index >= 15 is 0 Å². The van der Waals surface area contributed by atoms with Gasteiger partial charge in [0, 0.05) is 17.9 Å². The van der Waals surface area contributed by atoms with Gasteiger partial charge in [-0.25, -0.2) is 0 Å². The van der Waals surface area contributed by atoms with E-state index in [0.29, 0.717) is 23.0 Å². The zero-order chi connectivity index (χ0) is 18.0. The van der Waals surface area contributed by atoms with Crippen LogP contribution < -0.4 is 9.47 Å². The molecule has 3 atom stereocenters. The minimum absolute atomic E-state index is 0.0177. The zero-order valence-electron chi connectivity index (χ0n) is 14.4. The van der Waals surface area contributed by atoms with Gasteiger partial charge < -0.3 is 14.2 Å². The Morgan fingerprint density at radius 1 is 1.12 bits per heavy atom. The number of methoxy groups -OCH3 is 2. The highest BCUT2D eigenvalue weighted by Gasteiger charge is 2.61. The molecule has 0 aliphatic heterocycles. The molecule has 1 saturated carbocycles. The number of rotatable bonds is 7. The number of hydrogen-bond acceptors (Lipinski definition) is 6. The quantitative estimate of drug-likeness (QED) is 0.558. The fourth-order valence-electron chi connectivity index (χ4n) is 3.23. The first kappa shape index (κ1) is 17.5. The Labute approximate surface area is 150 Å². The highest BCUT2D eigenvalue weighted by Crippen LogP contribution is 2.58. The van der Waals surface area contributed by atoms with Crippen LogP contribution in [0.1, 0.15) is 28.1 Å². The van der Waals surface area contributed by atoms with Crippen LogP contribution in [0.2, 0.25) is 0 Å². The highest BCUT2D eigenvalue weighted by molar-refractivity contribution is 7.12. The molecule has 1 aromatic carbocycles. The van der Waals surface area contributed by atoms with Crippen LogP contribution in [0.4, 0.5) is 0 Å². The Bertz CT molecular complexity index is 768. The van der Waals surface area contributed by atoms with Gasteiger partial charge in [0.25, 0.3) is 0 Å². The van der Waals surface area contributed by atoms with E-state index in [2.05, 4.69) is 0 Å². The van der Waals surface area contributed by atoms with Gasteiger partial charge in [0.15, 0.2) is 5.78 Å². The summed E-state index contributed by atoms with van der Waals surface area (Å²) in [5, 5.41) is 1.86. The Balaban J connectivity index is 1.95. The molecule has 1 aliphatic rings. The molecule has 0 saturated heterocycles. The average Bonchev–Trinajstić information content (AvgIpc) is 3.12. The summed E-state index contributed by atoms with van der Waals surface area (Å²) in [7, 11) is 3.15. The van der Waals surface area contributed by atoms with Crippen molar-refractivity contribution in [2.24, 2.45) is 11.8 Å². The maximum absolute atomic E-state index is 12.8. The van der Waals surface area contributed by atoms with E-state index in [4.69, 9.17) is 14.2 Å². The van der Waals surface area contributed by atoms with Crippen LogP contribution in [0.15, 0.2) is 35.7 Å². The van der Waals surface area contributed by atoms with Gasteiger partial charge in [-0.3, -0.25) is 9.59 Å². The molecular formula is C19H20O5S. The molecule has 0 amide bonds. The lowest BCUT2D eigenvalue weighted by molar-refractivity contribution is -0.145. The topological polar surface area (TPSA) is 61.8 Å². The number of carbonyl (C=O) groups is 2. The van der Waals surface area contributed by atoms with Gasteiger partial charge in [-0.15, -0.1) is 11.3 Å². The largest absolute Gasteiger partial charge is 0.497 e. The van der Waals surface area contributed by atoms with E-state index in [1.54, 1.807) is 33.3 Å². The summed E-state index contributed by atoms with van der Waals surface area (Å²) in [5.41, 5.74) is 0.830. The van der Waals surface area contributed by atoms with Crippen LogP contribution in [-0.2, 0) is 9.53 Å². The summed E-state index contributed by atoms with van der Waals surface area (Å²) in [4.78, 5) is 25.9. The molecule has 1 fully saturated rings. The lowest BCUT2D eigenvalue weighted by atomic mass is 10.0. The van der Waals surface area contributed by atoms with Crippen LogP contribution in [0, 0.1) is 11.8 Å². The summed E-state index contributed by atoms with van der Waals surface area (Å²) in [6.07, 6.45) is 0. The van der Waals surface area contributed by atoms with E-state index in [1.807, 2.05) is 23.6 Å². The minimum Gasteiger partial charge on any atom is -0.497 e. The van der Waals surface area contributed by atoms with Crippen LogP contribution in [0.5, 0.6) is 11.5 Å². The molecule has 3 rings (SSSR count). The molecule has 6 heteroatoms. The van der Waals surface area contributed by atoms with E-state index in [1.165, 1.54) is 11.3 Å². The SMILES string of the molecule is CCOC(=O)C1C(C(=O)c2cccs2)C1c1ccc(OC)cc1OC. The lowest BCUT2D eigenvalue weighted by Crippen LogP contribution is -2.11. The monoisotopic (exact) mass is 360 g/mol. The van der Waals surface area contributed by atoms with Crippen LogP contribution in [0.25, 0.3) is 0 Å². The summed E-state index contributed by atoms with van der Waals surface area (Å²) in [6.45, 7) is 2.06. The molecule has 3 unspecified atom stereocenters. The van der Waals surface area contributed by atoms with Crippen molar-refractivity contribution in [2.45, 2.75) is 12.8 Å². The number of Topliss-reactive ketones (excluding diaryl/α,β-unsaturated/α-hetero) is 1. The Morgan fingerprint density at radius 2 is 1.92 bits per heavy atom. The van der Waals surface area contributed by atoms with Gasteiger partial charge in [0.1, 0.15) is 11.5 Å². The van der Waals surface area contributed by atoms with Gasteiger partial charge in [0.2, 0.25) is 0 Å². The second-order valence-electron chi connectivity index (χ2n) is 5.78. The van der Waals surface area contributed by atoms with Crippen molar-refractivity contribution < 1.29 is 23.8 Å². The smallest absolute Gasteiger partial charge is 0.310 e. The Kier molecular flexibility index (Phi) is 5.08. The minimum atomic E-state index is -0.475. The van der Waals surface area contributed by atoms with Crippen molar-refractivity contribution in [3.63, 3.8) is 0 Å². The van der Waals surface area contributed by atoms with Crippen molar-refractivity contribution in [1.29, 1.82) is 0 Å². The van der Waals surface area contributed by atoms with Crippen LogP contribution in [-0.4, -0.2) is 32.6 Å². The van der Waals surface area contributed by atoms with Gasteiger partial charge >= 0.3 is 5.97 Å². The van der Waals surface area contributed by atoms with Crippen LogP contribution >= 0.6 is 11.3 Å². The highest BCUT2D eigenvalue weighted by atomic mass is 32.1. The molecule has 132 valence electrons. The lowest BCUT2D eigenvalue weighted by Gasteiger charge is -2.10. The predicted molar refractivity (Wildman–Crippen MR) is 94.5 cm³/mol. The third kappa shape index (κ3) is 3.26. The van der Waals surface area contributed by atoms with Crippen molar-refractivity contribution in [1.82, 2.24) is 0 Å². The fourth-order valence-corrected chi connectivity index (χ4v) is 3.95. The van der Waals surface area contributed by atoms with Gasteiger partial charge in [0.05, 0.1) is 31.6 Å². The number of ether oxygens (including phenoxy) is 3. The zero-order valence-corrected chi connectivity index (χ0v) is 15.2. The Morgan fingerprint density at radius 3 is 2.52 bits per heavy atom. The second-order valence-corrected chi connectivity index (χ2v) is 6.73. The summed E-state index contributed by atoms with van der Waals surface area (Å²) < 4.78 is 15.9. The third-order valence-electron chi connectivity index (χ3n) is 4.45. The second kappa shape index (κ2) is 7.27. The van der Waals surface area contributed by atoms with E-state index in [9.17, 15) is 9.59 Å². The number of thiophene rings is 1. The summed E-state index contributed by atoms with van der Waals surface area (Å²) >= 11 is 1.39. The van der Waals surface area contributed by atoms with Crippen molar-refractivity contribution >= 4 is 23.1 Å². The molecule has 1 aliphatic carbocycles. The molecule has 0 radical (unpaired) electrons. The summed E-state index contributed by atoms with van der Waals surface area (Å²) in [6, 6.07) is 9.06. The first-order valence-corrected chi connectivity index (χ1v) is 8.96. The number of esters is 1. The summed E-state index contributed by atoms with van der Waals surface area (Å²) in [5.74, 6) is -0.210. The first-order valence-electron chi connectivity index (χ1n) is 8.08. The molecule has 0 N–H and O–H groups in total. The number of benzene rings is 1. The molecule has 2 aromatic rings. The average molecular weight is 360 g/mol. The molecule has 1 aromatic heterocycles. The normalized spacial score (nSPS) is 21.5. The van der Waals surface area contributed by atoms with Gasteiger partial charge in [-0.05, 0) is 30.0 Å². The molecule has 0 bridgehead atoms. The van der Waals surface area contributed by atoms with Crippen LogP contribution in [0.3, 0.4) is 0 Å². The molecule has 0 spiro atoms. The fraction of sp³-hybridized carbons (Fsp3) is 0.368. The van der Waals surface area contributed by atoms with E-state index in [-0.39, 0.29) is 17.7 Å². The predicted octanol–water partition coefficient (Wildman–Crippen LogP) is 3.54.